The molecule has 2 N–H and O–H groups in total. The van der Waals surface area contributed by atoms with E-state index in [4.69, 9.17) is 4.74 Å². The molecule has 0 atom stereocenters. The van der Waals surface area contributed by atoms with Gasteiger partial charge in [0.25, 0.3) is 5.91 Å². The van der Waals surface area contributed by atoms with Crippen molar-refractivity contribution < 1.29 is 9.53 Å². The van der Waals surface area contributed by atoms with E-state index in [1.54, 1.807) is 6.20 Å². The van der Waals surface area contributed by atoms with Crippen LogP contribution in [0.1, 0.15) is 32.9 Å². The summed E-state index contributed by atoms with van der Waals surface area (Å²) in [6.45, 7) is 1.19. The Bertz CT molecular complexity index is 1280. The van der Waals surface area contributed by atoms with Crippen LogP contribution in [0.25, 0.3) is 23.4 Å². The monoisotopic (exact) mass is 421 g/mol. The highest BCUT2D eigenvalue weighted by molar-refractivity contribution is 5.97. The number of nitrogens with zero attached hydrogens (tertiary/aromatic N) is 1. The van der Waals surface area contributed by atoms with Gasteiger partial charge in [0, 0.05) is 41.7 Å². The first kappa shape index (κ1) is 19.8. The van der Waals surface area contributed by atoms with Crippen LogP contribution in [0.5, 0.6) is 5.75 Å². The zero-order valence-corrected chi connectivity index (χ0v) is 17.5. The molecule has 32 heavy (non-hydrogen) atoms. The number of benzene rings is 2. The van der Waals surface area contributed by atoms with E-state index in [-0.39, 0.29) is 5.91 Å². The number of hydrogen-bond acceptors (Lipinski definition) is 3. The van der Waals surface area contributed by atoms with Gasteiger partial charge in [-0.15, -0.1) is 0 Å². The second-order valence-corrected chi connectivity index (χ2v) is 7.70. The number of pyridine rings is 1. The molecule has 0 aliphatic carbocycles. The molecule has 0 saturated carbocycles. The van der Waals surface area contributed by atoms with Crippen LogP contribution in [-0.2, 0) is 13.0 Å². The summed E-state index contributed by atoms with van der Waals surface area (Å²) in [4.78, 5) is 19.9. The Morgan fingerprint density at radius 3 is 2.69 bits per heavy atom. The lowest BCUT2D eigenvalue weighted by atomic mass is 10.1. The maximum absolute atomic E-state index is 12.1. The summed E-state index contributed by atoms with van der Waals surface area (Å²) in [6, 6.07) is 24.0. The van der Waals surface area contributed by atoms with E-state index < -0.39 is 0 Å². The zero-order chi connectivity index (χ0) is 21.8. The van der Waals surface area contributed by atoms with Crippen molar-refractivity contribution in [3.05, 3.63) is 107 Å². The summed E-state index contributed by atoms with van der Waals surface area (Å²) in [7, 11) is 0. The minimum Gasteiger partial charge on any atom is -0.488 e. The van der Waals surface area contributed by atoms with Crippen molar-refractivity contribution >= 4 is 18.1 Å². The number of carbonyl (C=O) groups excluding carboxylic acids is 1. The number of para-hydroxylation sites is 1. The smallest absolute Gasteiger partial charge is 0.253 e. The number of aromatic amines is 1. The van der Waals surface area contributed by atoms with Crippen molar-refractivity contribution in [1.29, 1.82) is 0 Å². The maximum atomic E-state index is 12.1. The Morgan fingerprint density at radius 2 is 1.81 bits per heavy atom. The van der Waals surface area contributed by atoms with Gasteiger partial charge in [-0.2, -0.15) is 0 Å². The lowest BCUT2D eigenvalue weighted by Gasteiger charge is -2.10. The first-order chi connectivity index (χ1) is 15.8. The molecule has 5 heteroatoms. The predicted octanol–water partition coefficient (Wildman–Crippen LogP) is 5.11. The van der Waals surface area contributed by atoms with Gasteiger partial charge >= 0.3 is 0 Å². The molecule has 2 aromatic carbocycles. The Balaban J connectivity index is 1.35. The minimum absolute atomic E-state index is 0.0185. The van der Waals surface area contributed by atoms with Crippen LogP contribution in [0.2, 0.25) is 0 Å². The molecule has 4 aromatic rings. The Labute approximate surface area is 186 Å². The predicted molar refractivity (Wildman–Crippen MR) is 126 cm³/mol. The fraction of sp³-hybridized carbons (Fsp3) is 0.111. The molecule has 3 heterocycles. The second kappa shape index (κ2) is 8.94. The molecule has 0 bridgehead atoms. The third kappa shape index (κ3) is 4.32. The van der Waals surface area contributed by atoms with Gasteiger partial charge in [0.05, 0.1) is 11.3 Å². The van der Waals surface area contributed by atoms with Gasteiger partial charge in [-0.1, -0.05) is 48.5 Å². The third-order valence-corrected chi connectivity index (χ3v) is 5.49. The van der Waals surface area contributed by atoms with Crippen LogP contribution >= 0.6 is 0 Å². The number of fused-ring (bicyclic) bond motifs is 1. The van der Waals surface area contributed by atoms with Gasteiger partial charge in [-0.3, -0.25) is 9.78 Å². The summed E-state index contributed by atoms with van der Waals surface area (Å²) in [5.41, 5.74) is 6.58. The molecular weight excluding hydrogens is 398 g/mol. The van der Waals surface area contributed by atoms with E-state index >= 15 is 0 Å². The molecule has 2 aromatic heterocycles. The highest BCUT2D eigenvalue weighted by Gasteiger charge is 2.19. The second-order valence-electron chi connectivity index (χ2n) is 7.70. The van der Waals surface area contributed by atoms with Gasteiger partial charge in [0.15, 0.2) is 0 Å². The highest BCUT2D eigenvalue weighted by Crippen LogP contribution is 2.26. The normalized spacial score (nSPS) is 13.1. The lowest BCUT2D eigenvalue weighted by Crippen LogP contribution is -2.31. The molecule has 158 valence electrons. The molecule has 5 rings (SSSR count). The van der Waals surface area contributed by atoms with Crippen molar-refractivity contribution in [3.8, 4) is 17.0 Å². The maximum Gasteiger partial charge on any atom is 0.253 e. The third-order valence-electron chi connectivity index (χ3n) is 5.49. The zero-order valence-electron chi connectivity index (χ0n) is 17.5. The molecule has 0 unspecified atom stereocenters. The van der Waals surface area contributed by atoms with Crippen LogP contribution in [-0.4, -0.2) is 22.4 Å². The van der Waals surface area contributed by atoms with Crippen LogP contribution in [0, 0.1) is 0 Å². The Hall–Kier alpha value is -4.12. The van der Waals surface area contributed by atoms with E-state index in [1.807, 2.05) is 72.8 Å². The van der Waals surface area contributed by atoms with Crippen molar-refractivity contribution in [1.82, 2.24) is 15.3 Å². The minimum atomic E-state index is -0.0185. The molecule has 0 spiro atoms. The number of amides is 1. The number of hydrogen-bond donors (Lipinski definition) is 2. The van der Waals surface area contributed by atoms with E-state index in [2.05, 4.69) is 27.4 Å². The number of nitrogens with one attached hydrogen (secondary N) is 2. The summed E-state index contributed by atoms with van der Waals surface area (Å²) in [5, 5.41) is 2.88. The molecule has 1 aliphatic rings. The van der Waals surface area contributed by atoms with Crippen molar-refractivity contribution in [3.63, 3.8) is 0 Å². The largest absolute Gasteiger partial charge is 0.488 e. The molecule has 1 amide bonds. The molecule has 0 saturated heterocycles. The number of carbonyl (C=O) groups is 1. The summed E-state index contributed by atoms with van der Waals surface area (Å²) < 4.78 is 6.05. The van der Waals surface area contributed by atoms with Crippen LogP contribution in [0.4, 0.5) is 0 Å². The number of ether oxygens (including phenoxy) is 1. The molecule has 0 radical (unpaired) electrons. The SMILES string of the molecule is O=C1NCCc2[nH]c(-c3ccnc(C=Cc4ccccc4OCc4ccccc4)c3)cc21. The summed E-state index contributed by atoms with van der Waals surface area (Å²) in [6.07, 6.45) is 6.59. The number of aromatic nitrogens is 2. The van der Waals surface area contributed by atoms with Gasteiger partial charge in [0.1, 0.15) is 12.4 Å². The van der Waals surface area contributed by atoms with Crippen molar-refractivity contribution in [2.24, 2.45) is 0 Å². The van der Waals surface area contributed by atoms with Crippen molar-refractivity contribution in [2.75, 3.05) is 6.54 Å². The highest BCUT2D eigenvalue weighted by atomic mass is 16.5. The van der Waals surface area contributed by atoms with Gasteiger partial charge in [0.2, 0.25) is 0 Å². The van der Waals surface area contributed by atoms with Gasteiger partial charge < -0.3 is 15.0 Å². The van der Waals surface area contributed by atoms with Crippen LogP contribution in [0.3, 0.4) is 0 Å². The lowest BCUT2D eigenvalue weighted by molar-refractivity contribution is 0.0946. The van der Waals surface area contributed by atoms with Gasteiger partial charge in [-0.25, -0.2) is 0 Å². The van der Waals surface area contributed by atoms with Crippen LogP contribution in [0.15, 0.2) is 79.0 Å². The fourth-order valence-electron chi connectivity index (χ4n) is 3.82. The first-order valence-corrected chi connectivity index (χ1v) is 10.7. The topological polar surface area (TPSA) is 67.0 Å². The summed E-state index contributed by atoms with van der Waals surface area (Å²) in [5.74, 6) is 0.807. The molecular formula is C27H23N3O2. The number of H-pyrrole nitrogens is 1. The van der Waals surface area contributed by atoms with Crippen molar-refractivity contribution in [2.45, 2.75) is 13.0 Å². The van der Waals surface area contributed by atoms with E-state index in [0.29, 0.717) is 13.2 Å². The van der Waals surface area contributed by atoms with E-state index in [1.165, 1.54) is 0 Å². The molecule has 1 aliphatic heterocycles. The molecule has 5 nitrogen and oxygen atoms in total. The quantitative estimate of drug-likeness (QED) is 0.455. The Kier molecular flexibility index (Phi) is 5.54. The standard InChI is InChI=1S/C27H23N3O2/c31-27-23-17-25(30-24(23)13-15-29-27)21-12-14-28-22(16-21)11-10-20-8-4-5-9-26(20)32-18-19-6-2-1-3-7-19/h1-12,14,16-17,30H,13,15,18H2,(H,29,31). The first-order valence-electron chi connectivity index (χ1n) is 10.7. The van der Waals surface area contributed by atoms with E-state index in [0.717, 1.165) is 51.5 Å². The average molecular weight is 422 g/mol. The average Bonchev–Trinajstić information content (AvgIpc) is 3.29. The summed E-state index contributed by atoms with van der Waals surface area (Å²) >= 11 is 0. The van der Waals surface area contributed by atoms with Crippen LogP contribution < -0.4 is 10.1 Å². The molecule has 0 fully saturated rings. The fourth-order valence-corrected chi connectivity index (χ4v) is 3.82. The van der Waals surface area contributed by atoms with E-state index in [9.17, 15) is 4.79 Å². The Morgan fingerprint density at radius 1 is 0.969 bits per heavy atom. The van der Waals surface area contributed by atoms with Gasteiger partial charge in [-0.05, 0) is 42.0 Å². The number of rotatable bonds is 6.